The zero-order valence-electron chi connectivity index (χ0n) is 4.67. The van der Waals surface area contributed by atoms with Gasteiger partial charge in [0.05, 0.1) is 0 Å². The molecule has 0 nitrogen and oxygen atoms in total. The van der Waals surface area contributed by atoms with Crippen molar-refractivity contribution in [1.82, 2.24) is 0 Å². The van der Waals surface area contributed by atoms with E-state index in [0.717, 1.165) is 0 Å². The molecule has 0 N–H and O–H groups in total. The first-order valence-corrected chi connectivity index (χ1v) is 12.4. The second-order valence-electron chi connectivity index (χ2n) is 1.56. The summed E-state index contributed by atoms with van der Waals surface area (Å²) in [7, 11) is 0. The van der Waals surface area contributed by atoms with Crippen LogP contribution in [0.1, 0.15) is 13.8 Å². The molecule has 0 bridgehead atoms. The van der Waals surface area contributed by atoms with Gasteiger partial charge in [-0.1, -0.05) is 0 Å². The maximum atomic E-state index is 3.68. The molecule has 0 amide bonds. The molecule has 0 aromatic heterocycles. The average Bonchev–Trinajstić information content (AvgIpc) is 1.68. The molecule has 0 unspecified atom stereocenters. The third kappa shape index (κ3) is 4.20. The van der Waals surface area contributed by atoms with Gasteiger partial charge in [-0.05, 0) is 0 Å². The third-order valence-corrected chi connectivity index (χ3v) is 13.5. The van der Waals surface area contributed by atoms with Crippen molar-refractivity contribution in [3.05, 3.63) is 0 Å². The van der Waals surface area contributed by atoms with Crippen LogP contribution in [0.4, 0.5) is 0 Å². The van der Waals surface area contributed by atoms with Crippen LogP contribution >= 0.6 is 26.3 Å². The van der Waals surface area contributed by atoms with E-state index in [0.29, 0.717) is 0 Å². The molecule has 0 rings (SSSR count). The van der Waals surface area contributed by atoms with Crippen LogP contribution in [0.5, 0.6) is 0 Å². The van der Waals surface area contributed by atoms with Crippen LogP contribution in [0.2, 0.25) is 9.45 Å². The normalized spacial score (nSPS) is 12.0. The van der Waals surface area contributed by atoms with Crippen LogP contribution in [0.25, 0.3) is 0 Å². The Hall–Kier alpha value is 1.67. The Morgan fingerprint density at radius 3 is 1.43 bits per heavy atom. The molecule has 0 radical (unpaired) electrons. The van der Waals surface area contributed by atoms with Crippen LogP contribution in [-0.4, -0.2) is 0 Å². The van der Waals surface area contributed by atoms with Crippen molar-refractivity contribution < 1.29 is 12.4 Å². The summed E-state index contributed by atoms with van der Waals surface area (Å²) < 4.78 is 2.63. The molecule has 0 fully saturated rings. The Balaban J connectivity index is 3.36. The summed E-state index contributed by atoms with van der Waals surface area (Å²) in [6, 6.07) is 0. The van der Waals surface area contributed by atoms with Gasteiger partial charge in [0, 0.05) is 0 Å². The van der Waals surface area contributed by atoms with Crippen LogP contribution in [0.15, 0.2) is 0 Å². The SMILES string of the molecule is C[CH2][Ti]([Br])([Br])[CH2]C. The van der Waals surface area contributed by atoms with E-state index in [2.05, 4.69) is 40.2 Å². The van der Waals surface area contributed by atoms with Gasteiger partial charge in [-0.3, -0.25) is 0 Å². The van der Waals surface area contributed by atoms with Gasteiger partial charge in [0.1, 0.15) is 0 Å². The van der Waals surface area contributed by atoms with E-state index < -0.39 is 12.4 Å². The third-order valence-electron chi connectivity index (χ3n) is 1.03. The zero-order chi connectivity index (χ0) is 5.91. The summed E-state index contributed by atoms with van der Waals surface area (Å²) in [5, 5.41) is 0. The molecule has 3 heteroatoms. The van der Waals surface area contributed by atoms with E-state index in [1.54, 1.807) is 0 Å². The fourth-order valence-corrected chi connectivity index (χ4v) is 1.03. The Morgan fingerprint density at radius 1 is 1.14 bits per heavy atom. The molecule has 0 saturated heterocycles. The molecule has 0 saturated carbocycles. The molecular formula is C4H10Br2Ti. The predicted octanol–water partition coefficient (Wildman–Crippen LogP) is 3.64. The van der Waals surface area contributed by atoms with E-state index in [-0.39, 0.29) is 0 Å². The molecule has 0 aromatic rings. The number of hydrogen-bond donors (Lipinski definition) is 0. The molecule has 7 heavy (non-hydrogen) atoms. The van der Waals surface area contributed by atoms with Gasteiger partial charge in [-0.25, -0.2) is 0 Å². The molecule has 0 spiro atoms. The second kappa shape index (κ2) is 3.65. The molecule has 0 atom stereocenters. The Labute approximate surface area is 61.5 Å². The molecular weight excluding hydrogens is 256 g/mol. The van der Waals surface area contributed by atoms with Crippen LogP contribution in [0, 0.1) is 0 Å². The monoisotopic (exact) mass is 264 g/mol. The van der Waals surface area contributed by atoms with Crippen molar-refractivity contribution in [1.29, 1.82) is 0 Å². The molecule has 0 aliphatic heterocycles. The molecule has 44 valence electrons. The fourth-order valence-electron chi connectivity index (χ4n) is 0.250. The van der Waals surface area contributed by atoms with Gasteiger partial charge in [-0.15, -0.1) is 0 Å². The van der Waals surface area contributed by atoms with Gasteiger partial charge in [-0.2, -0.15) is 0 Å². The predicted molar refractivity (Wildman–Crippen MR) is 38.8 cm³/mol. The Bertz CT molecular complexity index is 47.7. The average molecular weight is 266 g/mol. The van der Waals surface area contributed by atoms with Gasteiger partial charge in [0.25, 0.3) is 0 Å². The van der Waals surface area contributed by atoms with Crippen molar-refractivity contribution in [2.75, 3.05) is 0 Å². The van der Waals surface area contributed by atoms with Crippen LogP contribution in [-0.2, 0) is 12.4 Å². The molecule has 0 heterocycles. The van der Waals surface area contributed by atoms with E-state index in [4.69, 9.17) is 0 Å². The van der Waals surface area contributed by atoms with Crippen molar-refractivity contribution >= 4 is 26.3 Å². The molecule has 0 aliphatic rings. The van der Waals surface area contributed by atoms with Crippen molar-refractivity contribution in [3.8, 4) is 0 Å². The van der Waals surface area contributed by atoms with Crippen molar-refractivity contribution in [2.45, 2.75) is 23.3 Å². The summed E-state index contributed by atoms with van der Waals surface area (Å²) in [4.78, 5) is 0. The van der Waals surface area contributed by atoms with Crippen LogP contribution in [0.3, 0.4) is 0 Å². The van der Waals surface area contributed by atoms with Crippen LogP contribution < -0.4 is 0 Å². The molecule has 0 aromatic carbocycles. The van der Waals surface area contributed by atoms with Gasteiger partial charge in [0.15, 0.2) is 0 Å². The van der Waals surface area contributed by atoms with Gasteiger partial charge < -0.3 is 0 Å². The maximum absolute atomic E-state index is 3.68. The van der Waals surface area contributed by atoms with E-state index in [9.17, 15) is 0 Å². The minimum absolute atomic E-state index is 1.32. The van der Waals surface area contributed by atoms with Gasteiger partial charge >= 0.3 is 62.0 Å². The summed E-state index contributed by atoms with van der Waals surface area (Å²) >= 11 is 5.91. The summed E-state index contributed by atoms with van der Waals surface area (Å²) in [5.41, 5.74) is 0. The quantitative estimate of drug-likeness (QED) is 0.669. The topological polar surface area (TPSA) is 0 Å². The Kier molecular flexibility index (Phi) is 4.53. The summed E-state index contributed by atoms with van der Waals surface area (Å²) in [5.74, 6) is 0. The standard InChI is InChI=1S/2C2H5.2BrH.Ti/c2*1-2;;;/h2*1H2,2H3;2*1H;/q;;;;+2/p-2. The van der Waals surface area contributed by atoms with E-state index in [1.165, 1.54) is 9.45 Å². The number of halogens is 2. The number of hydrogen-bond acceptors (Lipinski definition) is 0. The van der Waals surface area contributed by atoms with Crippen molar-refractivity contribution in [3.63, 3.8) is 0 Å². The number of rotatable bonds is 2. The first-order chi connectivity index (χ1) is 3.12. The van der Waals surface area contributed by atoms with Gasteiger partial charge in [0.2, 0.25) is 0 Å². The molecule has 0 aliphatic carbocycles. The first kappa shape index (κ1) is 8.67. The first-order valence-electron chi connectivity index (χ1n) is 2.50. The van der Waals surface area contributed by atoms with E-state index in [1.807, 2.05) is 0 Å². The van der Waals surface area contributed by atoms with Crippen molar-refractivity contribution in [2.24, 2.45) is 0 Å². The minimum atomic E-state index is -1.46. The zero-order valence-corrected chi connectivity index (χ0v) is 9.40. The Morgan fingerprint density at radius 2 is 1.43 bits per heavy atom. The summed E-state index contributed by atoms with van der Waals surface area (Å²) in [6.45, 7) is 4.46. The second-order valence-corrected chi connectivity index (χ2v) is 23.3. The fraction of sp³-hybridized carbons (Fsp3) is 1.00. The van der Waals surface area contributed by atoms with E-state index >= 15 is 0 Å². The summed E-state index contributed by atoms with van der Waals surface area (Å²) in [6.07, 6.45) is 0.